The largest absolute Gasteiger partial charge is 0.493 e. The lowest BCUT2D eigenvalue weighted by atomic mass is 10.1. The van der Waals surface area contributed by atoms with Crippen LogP contribution >= 0.6 is 11.3 Å². The Morgan fingerprint density at radius 2 is 1.68 bits per heavy atom. The van der Waals surface area contributed by atoms with Gasteiger partial charge in [-0.1, -0.05) is 43.4 Å². The molecular weight excluding hydrogens is 414 g/mol. The fraction of sp³-hybridized carbons (Fsp3) is 0.348. The van der Waals surface area contributed by atoms with E-state index < -0.39 is 0 Å². The number of amides is 1. The second-order valence-electron chi connectivity index (χ2n) is 7.43. The number of methoxy groups -OCH3 is 3. The molecular formula is C23H27N3O4S. The fourth-order valence-corrected chi connectivity index (χ4v) is 4.06. The molecule has 1 aromatic heterocycles. The van der Waals surface area contributed by atoms with Crippen molar-refractivity contribution in [2.45, 2.75) is 20.8 Å². The molecule has 8 heteroatoms. The summed E-state index contributed by atoms with van der Waals surface area (Å²) in [5, 5.41) is 9.88. The summed E-state index contributed by atoms with van der Waals surface area (Å²) < 4.78 is 16.3. The van der Waals surface area contributed by atoms with Crippen molar-refractivity contribution in [3.63, 3.8) is 0 Å². The van der Waals surface area contributed by atoms with Crippen LogP contribution in [0.1, 0.15) is 29.8 Å². The maximum atomic E-state index is 13.3. The van der Waals surface area contributed by atoms with Crippen LogP contribution in [-0.4, -0.2) is 44.0 Å². The highest BCUT2D eigenvalue weighted by Gasteiger charge is 2.24. The van der Waals surface area contributed by atoms with Gasteiger partial charge in [0.15, 0.2) is 11.5 Å². The summed E-state index contributed by atoms with van der Waals surface area (Å²) >= 11 is 1.35. The molecule has 0 N–H and O–H groups in total. The predicted molar refractivity (Wildman–Crippen MR) is 123 cm³/mol. The molecule has 0 radical (unpaired) electrons. The van der Waals surface area contributed by atoms with Crippen molar-refractivity contribution in [1.29, 1.82) is 0 Å². The van der Waals surface area contributed by atoms with Gasteiger partial charge < -0.3 is 14.2 Å². The van der Waals surface area contributed by atoms with Crippen LogP contribution in [0, 0.1) is 12.8 Å². The molecule has 1 heterocycles. The number of carbonyl (C=O) groups is 1. The van der Waals surface area contributed by atoms with Crippen molar-refractivity contribution in [3.05, 3.63) is 47.5 Å². The molecule has 1 amide bonds. The molecule has 0 spiro atoms. The first-order valence-electron chi connectivity index (χ1n) is 9.91. The number of anilines is 1. The van der Waals surface area contributed by atoms with Crippen LogP contribution in [-0.2, 0) is 0 Å². The minimum absolute atomic E-state index is 0.0839. The summed E-state index contributed by atoms with van der Waals surface area (Å²) in [6.45, 7) is 6.61. The highest BCUT2D eigenvalue weighted by Crippen LogP contribution is 2.42. The maximum Gasteiger partial charge on any atom is 0.260 e. The molecule has 2 aromatic carbocycles. The summed E-state index contributed by atoms with van der Waals surface area (Å²) in [6.07, 6.45) is 0. The Balaban J connectivity index is 2.02. The van der Waals surface area contributed by atoms with Crippen molar-refractivity contribution >= 4 is 22.4 Å². The van der Waals surface area contributed by atoms with Crippen LogP contribution in [0.15, 0.2) is 36.4 Å². The van der Waals surface area contributed by atoms with Gasteiger partial charge in [0.2, 0.25) is 10.9 Å². The van der Waals surface area contributed by atoms with Crippen molar-refractivity contribution < 1.29 is 19.0 Å². The summed E-state index contributed by atoms with van der Waals surface area (Å²) in [5.41, 5.74) is 2.36. The second-order valence-corrected chi connectivity index (χ2v) is 8.38. The standard InChI is InChI=1S/C23H27N3O4S/c1-14(2)13-26(22(27)17-10-8-7-9-15(17)3)23-25-24-21(31-23)16-11-18(28-4)20(30-6)19(12-16)29-5/h7-12,14H,13H2,1-6H3. The van der Waals surface area contributed by atoms with E-state index in [1.54, 1.807) is 26.2 Å². The van der Waals surface area contributed by atoms with Crippen molar-refractivity contribution in [1.82, 2.24) is 10.2 Å². The summed E-state index contributed by atoms with van der Waals surface area (Å²) in [5.74, 6) is 1.75. The third-order valence-corrected chi connectivity index (χ3v) is 5.72. The Morgan fingerprint density at radius 3 is 2.23 bits per heavy atom. The molecule has 164 valence electrons. The number of aromatic nitrogens is 2. The average Bonchev–Trinajstić information content (AvgIpc) is 3.26. The van der Waals surface area contributed by atoms with Crippen molar-refractivity contribution in [2.24, 2.45) is 5.92 Å². The van der Waals surface area contributed by atoms with Gasteiger partial charge >= 0.3 is 0 Å². The van der Waals surface area contributed by atoms with Crippen molar-refractivity contribution in [3.8, 4) is 27.8 Å². The Morgan fingerprint density at radius 1 is 1.03 bits per heavy atom. The third-order valence-electron chi connectivity index (χ3n) is 4.73. The van der Waals surface area contributed by atoms with Gasteiger partial charge in [0.25, 0.3) is 5.91 Å². The number of benzene rings is 2. The van der Waals surface area contributed by atoms with Crippen LogP contribution in [0.2, 0.25) is 0 Å². The maximum absolute atomic E-state index is 13.3. The van der Waals surface area contributed by atoms with E-state index in [2.05, 4.69) is 24.0 Å². The quantitative estimate of drug-likeness (QED) is 0.498. The lowest BCUT2D eigenvalue weighted by molar-refractivity contribution is 0.0983. The van der Waals surface area contributed by atoms with Crippen LogP contribution in [0.5, 0.6) is 17.2 Å². The van der Waals surface area contributed by atoms with Crippen LogP contribution in [0.25, 0.3) is 10.6 Å². The van der Waals surface area contributed by atoms with Gasteiger partial charge in [0.1, 0.15) is 5.01 Å². The van der Waals surface area contributed by atoms with Gasteiger partial charge in [0.05, 0.1) is 21.3 Å². The molecule has 0 unspecified atom stereocenters. The molecule has 3 rings (SSSR count). The second kappa shape index (κ2) is 9.78. The minimum atomic E-state index is -0.0839. The summed E-state index contributed by atoms with van der Waals surface area (Å²) in [6, 6.07) is 11.2. The summed E-state index contributed by atoms with van der Waals surface area (Å²) in [4.78, 5) is 15.0. The van der Waals surface area contributed by atoms with Crippen LogP contribution in [0.4, 0.5) is 5.13 Å². The molecule has 0 saturated heterocycles. The van der Waals surface area contributed by atoms with Gasteiger partial charge in [-0.25, -0.2) is 0 Å². The van der Waals surface area contributed by atoms with Gasteiger partial charge in [-0.2, -0.15) is 0 Å². The van der Waals surface area contributed by atoms with Crippen molar-refractivity contribution in [2.75, 3.05) is 32.8 Å². The van der Waals surface area contributed by atoms with E-state index in [0.29, 0.717) is 39.5 Å². The lowest BCUT2D eigenvalue weighted by Gasteiger charge is -2.22. The molecule has 0 atom stereocenters. The van der Waals surface area contributed by atoms with E-state index in [-0.39, 0.29) is 11.8 Å². The molecule has 3 aromatic rings. The first-order chi connectivity index (χ1) is 14.9. The molecule has 0 aliphatic heterocycles. The van der Waals surface area contributed by atoms with E-state index in [4.69, 9.17) is 14.2 Å². The van der Waals surface area contributed by atoms with E-state index in [9.17, 15) is 4.79 Å². The van der Waals surface area contributed by atoms with E-state index in [0.717, 1.165) is 11.1 Å². The SMILES string of the molecule is COc1cc(-c2nnc(N(CC(C)C)C(=O)c3ccccc3C)s2)cc(OC)c1OC. The molecule has 0 bridgehead atoms. The highest BCUT2D eigenvalue weighted by atomic mass is 32.1. The number of nitrogens with zero attached hydrogens (tertiary/aromatic N) is 3. The molecule has 0 saturated carbocycles. The zero-order chi connectivity index (χ0) is 22.5. The number of hydrogen-bond acceptors (Lipinski definition) is 7. The first kappa shape index (κ1) is 22.6. The Labute approximate surface area is 186 Å². The monoisotopic (exact) mass is 441 g/mol. The molecule has 0 fully saturated rings. The molecule has 0 aliphatic rings. The number of carbonyl (C=O) groups excluding carboxylic acids is 1. The number of rotatable bonds is 8. The zero-order valence-electron chi connectivity index (χ0n) is 18.6. The highest BCUT2D eigenvalue weighted by molar-refractivity contribution is 7.18. The Kier molecular flexibility index (Phi) is 7.12. The third kappa shape index (κ3) is 4.80. The van der Waals surface area contributed by atoms with Gasteiger partial charge in [-0.05, 0) is 36.6 Å². The van der Waals surface area contributed by atoms with Gasteiger partial charge in [-0.15, -0.1) is 10.2 Å². The van der Waals surface area contributed by atoms with E-state index >= 15 is 0 Å². The smallest absolute Gasteiger partial charge is 0.260 e. The normalized spacial score (nSPS) is 10.8. The van der Waals surface area contributed by atoms with E-state index in [1.807, 2.05) is 43.3 Å². The number of hydrogen-bond donors (Lipinski definition) is 0. The molecule has 7 nitrogen and oxygen atoms in total. The Bertz CT molecular complexity index is 1040. The molecule has 31 heavy (non-hydrogen) atoms. The van der Waals surface area contributed by atoms with Gasteiger partial charge in [0, 0.05) is 17.7 Å². The Hall–Kier alpha value is -3.13. The van der Waals surface area contributed by atoms with Gasteiger partial charge in [-0.3, -0.25) is 9.69 Å². The number of ether oxygens (including phenoxy) is 3. The zero-order valence-corrected chi connectivity index (χ0v) is 19.4. The fourth-order valence-electron chi connectivity index (χ4n) is 3.22. The average molecular weight is 442 g/mol. The van der Waals surface area contributed by atoms with Crippen LogP contribution < -0.4 is 19.1 Å². The number of aryl methyl sites for hydroxylation is 1. The van der Waals surface area contributed by atoms with E-state index in [1.165, 1.54) is 11.3 Å². The molecule has 0 aliphatic carbocycles. The first-order valence-corrected chi connectivity index (χ1v) is 10.7. The lowest BCUT2D eigenvalue weighted by Crippen LogP contribution is -2.34. The topological polar surface area (TPSA) is 73.8 Å². The minimum Gasteiger partial charge on any atom is -0.493 e. The van der Waals surface area contributed by atoms with Crippen LogP contribution in [0.3, 0.4) is 0 Å². The predicted octanol–water partition coefficient (Wildman–Crippen LogP) is 4.84. The summed E-state index contributed by atoms with van der Waals surface area (Å²) in [7, 11) is 4.69.